The van der Waals surface area contributed by atoms with E-state index < -0.39 is 0 Å². The normalized spacial score (nSPS) is 31.5. The molecule has 0 aromatic heterocycles. The molecule has 0 aromatic rings. The number of nitrogens with one attached hydrogen (secondary N) is 2. The van der Waals surface area contributed by atoms with Gasteiger partial charge in [0.15, 0.2) is 0 Å². The van der Waals surface area contributed by atoms with Crippen LogP contribution in [0.5, 0.6) is 0 Å². The molecule has 0 aliphatic heterocycles. The molecule has 80 valence electrons. The van der Waals surface area contributed by atoms with Crippen molar-refractivity contribution in [3.8, 4) is 0 Å². The Morgan fingerprint density at radius 1 is 1.29 bits per heavy atom. The second-order valence-corrected chi connectivity index (χ2v) is 4.48. The summed E-state index contributed by atoms with van der Waals surface area (Å²) in [5.74, 6) is 0.486. The van der Waals surface area contributed by atoms with E-state index in [2.05, 4.69) is 10.6 Å². The third-order valence-corrected chi connectivity index (χ3v) is 3.16. The minimum Gasteiger partial charge on any atom is -0.338 e. The summed E-state index contributed by atoms with van der Waals surface area (Å²) < 4.78 is 0. The SMILES string of the molecule is NC1CCCC1CNC(=O)NC1CC1. The molecule has 2 saturated carbocycles. The number of carbonyl (C=O) groups is 1. The van der Waals surface area contributed by atoms with E-state index in [9.17, 15) is 4.79 Å². The van der Waals surface area contributed by atoms with Crippen molar-refractivity contribution in [3.05, 3.63) is 0 Å². The number of hydrogen-bond donors (Lipinski definition) is 3. The first-order valence-corrected chi connectivity index (χ1v) is 5.55. The molecule has 0 bridgehead atoms. The number of urea groups is 1. The third kappa shape index (κ3) is 2.61. The van der Waals surface area contributed by atoms with Gasteiger partial charge in [-0.25, -0.2) is 4.79 Å². The average molecular weight is 197 g/mol. The van der Waals surface area contributed by atoms with E-state index in [4.69, 9.17) is 5.73 Å². The molecule has 2 amide bonds. The maximum atomic E-state index is 11.3. The molecule has 2 aliphatic carbocycles. The van der Waals surface area contributed by atoms with Gasteiger partial charge in [-0.05, 0) is 31.6 Å². The molecule has 2 aliphatic rings. The summed E-state index contributed by atoms with van der Waals surface area (Å²) in [5, 5.41) is 5.80. The van der Waals surface area contributed by atoms with Crippen molar-refractivity contribution in [1.82, 2.24) is 10.6 Å². The van der Waals surface area contributed by atoms with E-state index >= 15 is 0 Å². The summed E-state index contributed by atoms with van der Waals surface area (Å²) in [4.78, 5) is 11.3. The van der Waals surface area contributed by atoms with Crippen LogP contribution in [0, 0.1) is 5.92 Å². The second-order valence-electron chi connectivity index (χ2n) is 4.48. The molecule has 14 heavy (non-hydrogen) atoms. The van der Waals surface area contributed by atoms with Crippen LogP contribution in [0.1, 0.15) is 32.1 Å². The topological polar surface area (TPSA) is 67.1 Å². The highest BCUT2D eigenvalue weighted by Crippen LogP contribution is 2.23. The zero-order chi connectivity index (χ0) is 9.97. The van der Waals surface area contributed by atoms with E-state index in [1.165, 1.54) is 6.42 Å². The highest BCUT2D eigenvalue weighted by molar-refractivity contribution is 5.74. The summed E-state index contributed by atoms with van der Waals surface area (Å²) in [6.07, 6.45) is 5.74. The lowest BCUT2D eigenvalue weighted by molar-refractivity contribution is 0.238. The van der Waals surface area contributed by atoms with Gasteiger partial charge in [-0.3, -0.25) is 0 Å². The van der Waals surface area contributed by atoms with Crippen molar-refractivity contribution in [2.24, 2.45) is 11.7 Å². The largest absolute Gasteiger partial charge is 0.338 e. The van der Waals surface area contributed by atoms with E-state index in [-0.39, 0.29) is 12.1 Å². The van der Waals surface area contributed by atoms with Crippen LogP contribution < -0.4 is 16.4 Å². The lowest BCUT2D eigenvalue weighted by Gasteiger charge is -2.16. The highest BCUT2D eigenvalue weighted by atomic mass is 16.2. The molecule has 0 aromatic carbocycles. The Bertz CT molecular complexity index is 215. The van der Waals surface area contributed by atoms with Crippen molar-refractivity contribution in [2.45, 2.75) is 44.2 Å². The third-order valence-electron chi connectivity index (χ3n) is 3.16. The van der Waals surface area contributed by atoms with Gasteiger partial charge in [0.05, 0.1) is 0 Å². The van der Waals surface area contributed by atoms with Gasteiger partial charge in [0, 0.05) is 18.6 Å². The highest BCUT2D eigenvalue weighted by Gasteiger charge is 2.26. The molecule has 4 N–H and O–H groups in total. The Morgan fingerprint density at radius 2 is 2.07 bits per heavy atom. The first kappa shape index (κ1) is 9.77. The number of hydrogen-bond acceptors (Lipinski definition) is 2. The average Bonchev–Trinajstić information content (AvgIpc) is 2.86. The second kappa shape index (κ2) is 4.17. The van der Waals surface area contributed by atoms with Crippen LogP contribution in [0.2, 0.25) is 0 Å². The van der Waals surface area contributed by atoms with Crippen molar-refractivity contribution >= 4 is 6.03 Å². The van der Waals surface area contributed by atoms with Crippen LogP contribution in [-0.2, 0) is 0 Å². The molecule has 4 heteroatoms. The van der Waals surface area contributed by atoms with Crippen molar-refractivity contribution in [2.75, 3.05) is 6.54 Å². The van der Waals surface area contributed by atoms with Gasteiger partial charge < -0.3 is 16.4 Å². The molecule has 2 fully saturated rings. The smallest absolute Gasteiger partial charge is 0.315 e. The molecule has 2 atom stereocenters. The maximum absolute atomic E-state index is 11.3. The van der Waals surface area contributed by atoms with Crippen LogP contribution in [0.25, 0.3) is 0 Å². The molecule has 2 rings (SSSR count). The van der Waals surface area contributed by atoms with Crippen LogP contribution >= 0.6 is 0 Å². The molecular weight excluding hydrogens is 178 g/mol. The van der Waals surface area contributed by atoms with Crippen molar-refractivity contribution < 1.29 is 4.79 Å². The first-order chi connectivity index (χ1) is 6.75. The van der Waals surface area contributed by atoms with Gasteiger partial charge in [0.1, 0.15) is 0 Å². The number of rotatable bonds is 3. The monoisotopic (exact) mass is 197 g/mol. The minimum atomic E-state index is -0.0217. The molecule has 0 radical (unpaired) electrons. The quantitative estimate of drug-likeness (QED) is 0.619. The zero-order valence-electron chi connectivity index (χ0n) is 8.46. The Balaban J connectivity index is 1.62. The fourth-order valence-electron chi connectivity index (χ4n) is 2.01. The molecule has 0 saturated heterocycles. The van der Waals surface area contributed by atoms with Gasteiger partial charge in [0.25, 0.3) is 0 Å². The Kier molecular flexibility index (Phi) is 2.91. The summed E-state index contributed by atoms with van der Waals surface area (Å²) in [6, 6.07) is 0.704. The summed E-state index contributed by atoms with van der Waals surface area (Å²) >= 11 is 0. The number of nitrogens with two attached hydrogens (primary N) is 1. The predicted molar refractivity (Wildman–Crippen MR) is 54.9 cm³/mol. The van der Waals surface area contributed by atoms with Gasteiger partial charge in [-0.1, -0.05) is 6.42 Å². The first-order valence-electron chi connectivity index (χ1n) is 5.55. The van der Waals surface area contributed by atoms with Crippen LogP contribution in [0.15, 0.2) is 0 Å². The van der Waals surface area contributed by atoms with Gasteiger partial charge in [-0.15, -0.1) is 0 Å². The Hall–Kier alpha value is -0.770. The lowest BCUT2D eigenvalue weighted by Crippen LogP contribution is -2.41. The van der Waals surface area contributed by atoms with Gasteiger partial charge in [0.2, 0.25) is 0 Å². The Labute approximate surface area is 84.6 Å². The van der Waals surface area contributed by atoms with E-state index in [1.54, 1.807) is 0 Å². The minimum absolute atomic E-state index is 0.0217. The lowest BCUT2D eigenvalue weighted by atomic mass is 10.1. The van der Waals surface area contributed by atoms with Crippen LogP contribution in [-0.4, -0.2) is 24.7 Å². The van der Waals surface area contributed by atoms with Crippen molar-refractivity contribution in [1.29, 1.82) is 0 Å². The fraction of sp³-hybridized carbons (Fsp3) is 0.900. The maximum Gasteiger partial charge on any atom is 0.315 e. The molecular formula is C10H19N3O. The van der Waals surface area contributed by atoms with Gasteiger partial charge >= 0.3 is 6.03 Å². The summed E-state index contributed by atoms with van der Waals surface area (Å²) in [6.45, 7) is 0.736. The predicted octanol–water partition coefficient (Wildman–Crippen LogP) is 0.575. The summed E-state index contributed by atoms with van der Waals surface area (Å²) in [7, 11) is 0. The molecule has 2 unspecified atom stereocenters. The molecule has 4 nitrogen and oxygen atoms in total. The van der Waals surface area contributed by atoms with Crippen LogP contribution in [0.4, 0.5) is 4.79 Å². The molecule has 0 spiro atoms. The van der Waals surface area contributed by atoms with Crippen LogP contribution in [0.3, 0.4) is 0 Å². The standard InChI is InChI=1S/C10H19N3O/c11-9-3-1-2-7(9)6-12-10(14)13-8-4-5-8/h7-9H,1-6,11H2,(H2,12,13,14). The van der Waals surface area contributed by atoms with Gasteiger partial charge in [-0.2, -0.15) is 0 Å². The van der Waals surface area contributed by atoms with E-state index in [0.29, 0.717) is 12.0 Å². The molecule has 0 heterocycles. The number of amides is 2. The van der Waals surface area contributed by atoms with E-state index in [1.807, 2.05) is 0 Å². The Morgan fingerprint density at radius 3 is 2.64 bits per heavy atom. The van der Waals surface area contributed by atoms with E-state index in [0.717, 1.165) is 32.2 Å². The number of carbonyl (C=O) groups excluding carboxylic acids is 1. The summed E-state index contributed by atoms with van der Waals surface area (Å²) in [5.41, 5.74) is 5.91. The zero-order valence-corrected chi connectivity index (χ0v) is 8.46. The fourth-order valence-corrected chi connectivity index (χ4v) is 2.01. The van der Waals surface area contributed by atoms with Crippen molar-refractivity contribution in [3.63, 3.8) is 0 Å².